The van der Waals surface area contributed by atoms with Crippen LogP contribution in [0.15, 0.2) is 60.7 Å². The predicted octanol–water partition coefficient (Wildman–Crippen LogP) is 5.54. The third-order valence-electron chi connectivity index (χ3n) is 6.39. The Morgan fingerprint density at radius 2 is 1.26 bits per heavy atom. The van der Waals surface area contributed by atoms with Crippen LogP contribution in [0.5, 0.6) is 17.2 Å². The minimum Gasteiger partial charge on any atom is -0.497 e. The Bertz CT molecular complexity index is 1040. The van der Waals surface area contributed by atoms with Gasteiger partial charge < -0.3 is 19.1 Å². The van der Waals surface area contributed by atoms with Crippen molar-refractivity contribution in [3.8, 4) is 17.2 Å². The van der Waals surface area contributed by atoms with Crippen LogP contribution in [0.2, 0.25) is 0 Å². The summed E-state index contributed by atoms with van der Waals surface area (Å²) < 4.78 is 16.3. The summed E-state index contributed by atoms with van der Waals surface area (Å²) in [5, 5.41) is 0. The highest BCUT2D eigenvalue weighted by molar-refractivity contribution is 5.79. The Morgan fingerprint density at radius 1 is 0.765 bits per heavy atom. The van der Waals surface area contributed by atoms with E-state index in [9.17, 15) is 4.79 Å². The summed E-state index contributed by atoms with van der Waals surface area (Å²) >= 11 is 0. The molecule has 2 aromatic carbocycles. The van der Waals surface area contributed by atoms with E-state index >= 15 is 0 Å². The van der Waals surface area contributed by atoms with E-state index in [1.165, 1.54) is 0 Å². The molecule has 0 spiro atoms. The number of benzene rings is 2. The molecule has 0 unspecified atom stereocenters. The Morgan fingerprint density at radius 3 is 1.74 bits per heavy atom. The highest BCUT2D eigenvalue weighted by atomic mass is 16.5. The van der Waals surface area contributed by atoms with Gasteiger partial charge in [0.25, 0.3) is 0 Å². The quantitative estimate of drug-likeness (QED) is 0.418. The van der Waals surface area contributed by atoms with E-state index < -0.39 is 0 Å². The summed E-state index contributed by atoms with van der Waals surface area (Å²) in [4.78, 5) is 19.1. The maximum Gasteiger partial charge on any atom is 0.133 e. The normalized spacial score (nSPS) is 14.0. The van der Waals surface area contributed by atoms with Crippen LogP contribution in [0.4, 0.5) is 5.82 Å². The Kier molecular flexibility index (Phi) is 7.68. The summed E-state index contributed by atoms with van der Waals surface area (Å²) in [7, 11) is 5.03. The number of hydrogen-bond donors (Lipinski definition) is 0. The second kappa shape index (κ2) is 11.1. The van der Waals surface area contributed by atoms with Crippen molar-refractivity contribution in [2.75, 3.05) is 26.2 Å². The maximum absolute atomic E-state index is 11.8. The predicted molar refractivity (Wildman–Crippen MR) is 133 cm³/mol. The molecule has 1 heterocycles. The van der Waals surface area contributed by atoms with Crippen molar-refractivity contribution in [2.24, 2.45) is 0 Å². The van der Waals surface area contributed by atoms with Crippen LogP contribution in [0.3, 0.4) is 0 Å². The number of ketones is 1. The van der Waals surface area contributed by atoms with Crippen LogP contribution in [-0.2, 0) is 17.9 Å². The fraction of sp³-hybridized carbons (Fsp3) is 0.357. The van der Waals surface area contributed by atoms with E-state index in [4.69, 9.17) is 19.2 Å². The van der Waals surface area contributed by atoms with Gasteiger partial charge in [-0.2, -0.15) is 0 Å². The second-order valence-corrected chi connectivity index (χ2v) is 8.66. The Hall–Kier alpha value is -3.54. The van der Waals surface area contributed by atoms with Gasteiger partial charge in [0.2, 0.25) is 0 Å². The molecule has 34 heavy (non-hydrogen) atoms. The van der Waals surface area contributed by atoms with Crippen molar-refractivity contribution in [1.29, 1.82) is 0 Å². The average molecular weight is 461 g/mol. The standard InChI is InChI=1S/C28H32N2O4/c1-32-24-12-4-20(5-13-24)18-30(19-21-6-14-25(33-2)15-7-21)28-17-26(34-3)16-27(29-28)22-8-10-23(31)11-9-22/h4-7,12-17,22H,8-11,18-19H2,1-3H3. The Labute approximate surface area is 201 Å². The number of carbonyl (C=O) groups is 1. The first-order chi connectivity index (χ1) is 16.6. The summed E-state index contributed by atoms with van der Waals surface area (Å²) in [6, 6.07) is 20.2. The second-order valence-electron chi connectivity index (χ2n) is 8.66. The number of hydrogen-bond acceptors (Lipinski definition) is 6. The van der Waals surface area contributed by atoms with Gasteiger partial charge in [0, 0.05) is 49.7 Å². The zero-order valence-corrected chi connectivity index (χ0v) is 20.1. The first-order valence-corrected chi connectivity index (χ1v) is 11.7. The van der Waals surface area contributed by atoms with Crippen LogP contribution in [0, 0.1) is 0 Å². The van der Waals surface area contributed by atoms with Crippen molar-refractivity contribution in [3.63, 3.8) is 0 Å². The molecule has 0 atom stereocenters. The summed E-state index contributed by atoms with van der Waals surface area (Å²) in [6.45, 7) is 1.36. The van der Waals surface area contributed by atoms with Gasteiger partial charge in [-0.25, -0.2) is 4.98 Å². The number of Topliss-reactive ketones (excluding diaryl/α,β-unsaturated/α-hetero) is 1. The molecular formula is C28H32N2O4. The van der Waals surface area contributed by atoms with E-state index in [-0.39, 0.29) is 5.92 Å². The monoisotopic (exact) mass is 460 g/mol. The molecule has 1 aliphatic carbocycles. The van der Waals surface area contributed by atoms with E-state index in [0.717, 1.165) is 52.7 Å². The first kappa shape index (κ1) is 23.6. The molecule has 178 valence electrons. The number of aromatic nitrogens is 1. The van der Waals surface area contributed by atoms with E-state index in [2.05, 4.69) is 29.2 Å². The van der Waals surface area contributed by atoms with Gasteiger partial charge in [0.15, 0.2) is 0 Å². The number of nitrogens with zero attached hydrogens (tertiary/aromatic N) is 2. The Balaban J connectivity index is 1.66. The maximum atomic E-state index is 11.8. The number of anilines is 1. The van der Waals surface area contributed by atoms with Gasteiger partial charge in [-0.3, -0.25) is 4.79 Å². The zero-order chi connectivity index (χ0) is 23.9. The van der Waals surface area contributed by atoms with Crippen LogP contribution in [0.1, 0.15) is 48.4 Å². The number of ether oxygens (including phenoxy) is 3. The SMILES string of the molecule is COc1ccc(CN(Cc2ccc(OC)cc2)c2cc(OC)cc(C3CCC(=O)CC3)n2)cc1. The van der Waals surface area contributed by atoms with Crippen LogP contribution in [0.25, 0.3) is 0 Å². The van der Waals surface area contributed by atoms with Gasteiger partial charge in [-0.05, 0) is 48.2 Å². The van der Waals surface area contributed by atoms with Crippen LogP contribution in [-0.4, -0.2) is 32.1 Å². The summed E-state index contributed by atoms with van der Waals surface area (Å²) in [6.07, 6.45) is 2.94. The minimum atomic E-state index is 0.273. The third-order valence-corrected chi connectivity index (χ3v) is 6.39. The molecule has 0 bridgehead atoms. The topological polar surface area (TPSA) is 60.9 Å². The van der Waals surface area contributed by atoms with E-state index in [0.29, 0.717) is 31.7 Å². The highest BCUT2D eigenvalue weighted by Crippen LogP contribution is 2.34. The molecule has 4 rings (SSSR count). The third kappa shape index (κ3) is 5.87. The lowest BCUT2D eigenvalue weighted by molar-refractivity contribution is -0.120. The fourth-order valence-electron chi connectivity index (χ4n) is 4.36. The molecule has 1 saturated carbocycles. The molecule has 0 aliphatic heterocycles. The smallest absolute Gasteiger partial charge is 0.133 e. The van der Waals surface area contributed by atoms with Gasteiger partial charge in [0.1, 0.15) is 28.8 Å². The molecule has 1 fully saturated rings. The molecule has 6 nitrogen and oxygen atoms in total. The number of methoxy groups -OCH3 is 3. The number of pyridine rings is 1. The number of rotatable bonds is 9. The molecule has 6 heteroatoms. The molecule has 0 N–H and O–H groups in total. The van der Waals surface area contributed by atoms with E-state index in [1.807, 2.05) is 36.4 Å². The zero-order valence-electron chi connectivity index (χ0n) is 20.1. The molecule has 1 aromatic heterocycles. The van der Waals surface area contributed by atoms with Gasteiger partial charge >= 0.3 is 0 Å². The minimum absolute atomic E-state index is 0.273. The molecule has 3 aromatic rings. The van der Waals surface area contributed by atoms with Crippen molar-refractivity contribution < 1.29 is 19.0 Å². The molecule has 1 aliphatic rings. The van der Waals surface area contributed by atoms with Crippen molar-refractivity contribution in [1.82, 2.24) is 4.98 Å². The first-order valence-electron chi connectivity index (χ1n) is 11.7. The molecular weight excluding hydrogens is 428 g/mol. The summed E-state index contributed by atoms with van der Waals surface area (Å²) in [5.41, 5.74) is 3.31. The van der Waals surface area contributed by atoms with Crippen LogP contribution < -0.4 is 19.1 Å². The molecule has 0 amide bonds. The van der Waals surface area contributed by atoms with Crippen molar-refractivity contribution >= 4 is 11.6 Å². The van der Waals surface area contributed by atoms with Gasteiger partial charge in [-0.15, -0.1) is 0 Å². The van der Waals surface area contributed by atoms with Crippen molar-refractivity contribution in [2.45, 2.75) is 44.7 Å². The summed E-state index contributed by atoms with van der Waals surface area (Å²) in [5.74, 6) is 3.93. The van der Waals surface area contributed by atoms with Gasteiger partial charge in [-0.1, -0.05) is 24.3 Å². The molecule has 0 radical (unpaired) electrons. The van der Waals surface area contributed by atoms with Crippen molar-refractivity contribution in [3.05, 3.63) is 77.5 Å². The number of carbonyl (C=O) groups excluding carboxylic acids is 1. The van der Waals surface area contributed by atoms with Crippen LogP contribution >= 0.6 is 0 Å². The molecule has 0 saturated heterocycles. The van der Waals surface area contributed by atoms with E-state index in [1.54, 1.807) is 21.3 Å². The lowest BCUT2D eigenvalue weighted by Crippen LogP contribution is -2.24. The lowest BCUT2D eigenvalue weighted by atomic mass is 9.86. The fourth-order valence-corrected chi connectivity index (χ4v) is 4.36. The lowest BCUT2D eigenvalue weighted by Gasteiger charge is -2.27. The van der Waals surface area contributed by atoms with Gasteiger partial charge in [0.05, 0.1) is 21.3 Å². The largest absolute Gasteiger partial charge is 0.497 e. The average Bonchev–Trinajstić information content (AvgIpc) is 2.89. The highest BCUT2D eigenvalue weighted by Gasteiger charge is 2.23.